The molecule has 0 atom stereocenters. The predicted octanol–water partition coefficient (Wildman–Crippen LogP) is 3.66. The number of halogens is 1. The Kier molecular flexibility index (Phi) is 4.46. The van der Waals surface area contributed by atoms with Crippen molar-refractivity contribution in [2.24, 2.45) is 0 Å². The Morgan fingerprint density at radius 3 is 2.82 bits per heavy atom. The van der Waals surface area contributed by atoms with Gasteiger partial charge in [-0.1, -0.05) is 29.8 Å². The largest absolute Gasteiger partial charge is 0.493 e. The predicted molar refractivity (Wildman–Crippen MR) is 74.6 cm³/mol. The van der Waals surface area contributed by atoms with Crippen molar-refractivity contribution in [3.63, 3.8) is 0 Å². The van der Waals surface area contributed by atoms with Gasteiger partial charge in [0.15, 0.2) is 0 Å². The maximum absolute atomic E-state index is 5.72. The standard InChI is InChI=1S/C14H20BrNO/c1-3-13(4-2)16-9-11-8-12(15)7-10-5-6-17-14(10)11/h7-8,13,16H,3-6,9H2,1-2H3. The molecule has 0 amide bonds. The molecule has 94 valence electrons. The van der Waals surface area contributed by atoms with Crippen LogP contribution in [0.15, 0.2) is 16.6 Å². The van der Waals surface area contributed by atoms with Gasteiger partial charge in [0.25, 0.3) is 0 Å². The Morgan fingerprint density at radius 1 is 1.35 bits per heavy atom. The molecule has 0 bridgehead atoms. The molecule has 1 heterocycles. The minimum Gasteiger partial charge on any atom is -0.493 e. The van der Waals surface area contributed by atoms with E-state index in [2.05, 4.69) is 47.2 Å². The van der Waals surface area contributed by atoms with E-state index in [0.29, 0.717) is 6.04 Å². The Balaban J connectivity index is 2.10. The zero-order valence-electron chi connectivity index (χ0n) is 10.6. The zero-order valence-corrected chi connectivity index (χ0v) is 12.1. The quantitative estimate of drug-likeness (QED) is 0.895. The van der Waals surface area contributed by atoms with Crippen LogP contribution in [0.1, 0.15) is 37.8 Å². The highest BCUT2D eigenvalue weighted by Crippen LogP contribution is 2.32. The van der Waals surface area contributed by atoms with Crippen molar-refractivity contribution in [3.8, 4) is 5.75 Å². The molecule has 1 aromatic carbocycles. The van der Waals surface area contributed by atoms with Crippen LogP contribution in [0.25, 0.3) is 0 Å². The molecule has 2 nitrogen and oxygen atoms in total. The second-order valence-electron chi connectivity index (χ2n) is 4.55. The van der Waals surface area contributed by atoms with E-state index in [4.69, 9.17) is 4.74 Å². The van der Waals surface area contributed by atoms with E-state index >= 15 is 0 Å². The summed E-state index contributed by atoms with van der Waals surface area (Å²) in [5.74, 6) is 1.10. The maximum atomic E-state index is 5.72. The van der Waals surface area contributed by atoms with E-state index in [1.807, 2.05) is 0 Å². The molecular weight excluding hydrogens is 278 g/mol. The van der Waals surface area contributed by atoms with Crippen molar-refractivity contribution in [1.82, 2.24) is 5.32 Å². The average Bonchev–Trinajstić information content (AvgIpc) is 2.78. The van der Waals surface area contributed by atoms with Gasteiger partial charge in [0, 0.05) is 29.0 Å². The highest BCUT2D eigenvalue weighted by Gasteiger charge is 2.17. The first kappa shape index (κ1) is 12.9. The van der Waals surface area contributed by atoms with E-state index in [1.54, 1.807) is 0 Å². The van der Waals surface area contributed by atoms with Crippen LogP contribution in [0.5, 0.6) is 5.75 Å². The summed E-state index contributed by atoms with van der Waals surface area (Å²) in [7, 11) is 0. The minimum atomic E-state index is 0.603. The molecule has 1 N–H and O–H groups in total. The molecule has 1 aliphatic heterocycles. The van der Waals surface area contributed by atoms with Gasteiger partial charge in [-0.3, -0.25) is 0 Å². The first-order valence-corrected chi connectivity index (χ1v) is 7.21. The van der Waals surface area contributed by atoms with E-state index < -0.39 is 0 Å². The summed E-state index contributed by atoms with van der Waals surface area (Å²) in [4.78, 5) is 0. The van der Waals surface area contributed by atoms with Gasteiger partial charge in [0.05, 0.1) is 6.61 Å². The second-order valence-corrected chi connectivity index (χ2v) is 5.46. The van der Waals surface area contributed by atoms with Gasteiger partial charge in [0.1, 0.15) is 5.75 Å². The third-order valence-corrected chi connectivity index (χ3v) is 3.85. The lowest BCUT2D eigenvalue weighted by Gasteiger charge is -2.16. The molecular formula is C14H20BrNO. The van der Waals surface area contributed by atoms with Gasteiger partial charge in [0.2, 0.25) is 0 Å². The zero-order chi connectivity index (χ0) is 12.3. The van der Waals surface area contributed by atoms with Crippen LogP contribution in [0.2, 0.25) is 0 Å². The van der Waals surface area contributed by atoms with Crippen molar-refractivity contribution in [1.29, 1.82) is 0 Å². The number of rotatable bonds is 5. The first-order chi connectivity index (χ1) is 8.24. The summed E-state index contributed by atoms with van der Waals surface area (Å²) in [6.07, 6.45) is 3.38. The molecule has 1 aliphatic rings. The van der Waals surface area contributed by atoms with Gasteiger partial charge in [-0.05, 0) is 30.5 Å². The SMILES string of the molecule is CCC(CC)NCc1cc(Br)cc2c1OCC2. The fourth-order valence-corrected chi connectivity index (χ4v) is 2.86. The Labute approximate surface area is 112 Å². The lowest BCUT2D eigenvalue weighted by molar-refractivity contribution is 0.351. The van der Waals surface area contributed by atoms with Crippen molar-refractivity contribution in [2.75, 3.05) is 6.61 Å². The molecule has 0 saturated heterocycles. The molecule has 17 heavy (non-hydrogen) atoms. The molecule has 0 radical (unpaired) electrons. The molecule has 2 rings (SSSR count). The van der Waals surface area contributed by atoms with Crippen LogP contribution < -0.4 is 10.1 Å². The van der Waals surface area contributed by atoms with Crippen LogP contribution in [0.3, 0.4) is 0 Å². The van der Waals surface area contributed by atoms with Crippen molar-refractivity contribution in [2.45, 2.75) is 45.7 Å². The molecule has 0 aromatic heterocycles. The molecule has 0 spiro atoms. The van der Waals surface area contributed by atoms with Gasteiger partial charge in [-0.25, -0.2) is 0 Å². The Bertz CT molecular complexity index is 388. The summed E-state index contributed by atoms with van der Waals surface area (Å²) < 4.78 is 6.88. The van der Waals surface area contributed by atoms with Gasteiger partial charge < -0.3 is 10.1 Å². The van der Waals surface area contributed by atoms with Crippen molar-refractivity contribution in [3.05, 3.63) is 27.7 Å². The summed E-state index contributed by atoms with van der Waals surface area (Å²) in [5, 5.41) is 3.59. The van der Waals surface area contributed by atoms with E-state index in [9.17, 15) is 0 Å². The lowest BCUT2D eigenvalue weighted by atomic mass is 10.1. The third-order valence-electron chi connectivity index (χ3n) is 3.39. The van der Waals surface area contributed by atoms with E-state index in [-0.39, 0.29) is 0 Å². The average molecular weight is 298 g/mol. The number of ether oxygens (including phenoxy) is 1. The van der Waals surface area contributed by atoms with Gasteiger partial charge in [-0.2, -0.15) is 0 Å². The third kappa shape index (κ3) is 3.02. The minimum absolute atomic E-state index is 0.603. The first-order valence-electron chi connectivity index (χ1n) is 6.42. The normalized spacial score (nSPS) is 13.9. The van der Waals surface area contributed by atoms with E-state index in [1.165, 1.54) is 24.0 Å². The number of hydrogen-bond donors (Lipinski definition) is 1. The molecule has 1 aromatic rings. The maximum Gasteiger partial charge on any atom is 0.127 e. The number of hydrogen-bond acceptors (Lipinski definition) is 2. The van der Waals surface area contributed by atoms with Crippen LogP contribution in [-0.2, 0) is 13.0 Å². The van der Waals surface area contributed by atoms with Gasteiger partial charge >= 0.3 is 0 Å². The van der Waals surface area contributed by atoms with Crippen LogP contribution in [-0.4, -0.2) is 12.6 Å². The topological polar surface area (TPSA) is 21.3 Å². The highest BCUT2D eigenvalue weighted by atomic mass is 79.9. The van der Waals surface area contributed by atoms with Gasteiger partial charge in [-0.15, -0.1) is 0 Å². The van der Waals surface area contributed by atoms with Crippen LogP contribution >= 0.6 is 15.9 Å². The Hall–Kier alpha value is -0.540. The fourth-order valence-electron chi connectivity index (χ4n) is 2.31. The summed E-state index contributed by atoms with van der Waals surface area (Å²) in [6.45, 7) is 6.17. The molecule has 0 saturated carbocycles. The molecule has 0 unspecified atom stereocenters. The lowest BCUT2D eigenvalue weighted by Crippen LogP contribution is -2.27. The number of nitrogens with one attached hydrogen (secondary N) is 1. The molecule has 3 heteroatoms. The summed E-state index contributed by atoms with van der Waals surface area (Å²) >= 11 is 3.57. The van der Waals surface area contributed by atoms with Crippen LogP contribution in [0.4, 0.5) is 0 Å². The highest BCUT2D eigenvalue weighted by molar-refractivity contribution is 9.10. The van der Waals surface area contributed by atoms with E-state index in [0.717, 1.165) is 29.8 Å². The number of benzene rings is 1. The monoisotopic (exact) mass is 297 g/mol. The van der Waals surface area contributed by atoms with Crippen molar-refractivity contribution >= 4 is 15.9 Å². The summed E-state index contributed by atoms with van der Waals surface area (Å²) in [5.41, 5.74) is 2.61. The second kappa shape index (κ2) is 5.87. The molecule has 0 aliphatic carbocycles. The summed E-state index contributed by atoms with van der Waals surface area (Å²) in [6, 6.07) is 4.94. The van der Waals surface area contributed by atoms with Crippen LogP contribution in [0, 0.1) is 0 Å². The van der Waals surface area contributed by atoms with Crippen molar-refractivity contribution < 1.29 is 4.74 Å². The smallest absolute Gasteiger partial charge is 0.127 e. The Morgan fingerprint density at radius 2 is 2.12 bits per heavy atom. The number of fused-ring (bicyclic) bond motifs is 1. The fraction of sp³-hybridized carbons (Fsp3) is 0.571. The molecule has 0 fully saturated rings.